The molecule has 5 N–H and O–H groups in total. The van der Waals surface area contributed by atoms with Gasteiger partial charge in [0.2, 0.25) is 5.82 Å². The van der Waals surface area contributed by atoms with Crippen LogP contribution in [0.1, 0.15) is 27.0 Å². The van der Waals surface area contributed by atoms with E-state index in [1.165, 1.54) is 22.6 Å². The molecule has 0 aromatic carbocycles. The zero-order chi connectivity index (χ0) is 25.3. The lowest BCUT2D eigenvalue weighted by Crippen LogP contribution is -2.58. The topological polar surface area (TPSA) is 175 Å². The highest BCUT2D eigenvalue weighted by Gasteiger charge is 2.59. The summed E-state index contributed by atoms with van der Waals surface area (Å²) in [5, 5.41) is 11.8. The fraction of sp³-hybridized carbons (Fsp3) is 0.588. The van der Waals surface area contributed by atoms with E-state index in [1.807, 2.05) is 0 Å². The zero-order valence-corrected chi connectivity index (χ0v) is 19.7. The molecule has 0 spiro atoms. The minimum atomic E-state index is -3.09. The number of carbonyl (C=O) groups is 1. The molecular formula is C17H26B2FN4O8P. The number of esters is 1. The van der Waals surface area contributed by atoms with E-state index in [0.29, 0.717) is 10.8 Å². The van der Waals surface area contributed by atoms with E-state index in [0.717, 1.165) is 0 Å². The van der Waals surface area contributed by atoms with Crippen molar-refractivity contribution in [2.75, 3.05) is 0 Å². The van der Waals surface area contributed by atoms with E-state index in [9.17, 15) is 28.4 Å². The van der Waals surface area contributed by atoms with Gasteiger partial charge >= 0.3 is 11.7 Å². The highest BCUT2D eigenvalue weighted by molar-refractivity contribution is 7.37. The predicted octanol–water partition coefficient (Wildman–Crippen LogP) is -3.48. The van der Waals surface area contributed by atoms with Crippen molar-refractivity contribution in [1.29, 1.82) is 0 Å². The molecule has 2 rings (SSSR count). The van der Waals surface area contributed by atoms with Crippen molar-refractivity contribution in [2.45, 2.75) is 62.3 Å². The lowest BCUT2D eigenvalue weighted by atomic mass is 9.60. The van der Waals surface area contributed by atoms with E-state index in [1.54, 1.807) is 18.8 Å². The summed E-state index contributed by atoms with van der Waals surface area (Å²) in [5.41, 5.74) is 1.76. The molecule has 1 aromatic rings. The Morgan fingerprint density at radius 2 is 2.12 bits per heavy atom. The van der Waals surface area contributed by atoms with Gasteiger partial charge in [0.15, 0.2) is 11.8 Å². The van der Waals surface area contributed by atoms with Gasteiger partial charge in [-0.3, -0.25) is 23.7 Å². The van der Waals surface area contributed by atoms with Crippen molar-refractivity contribution >= 4 is 29.8 Å². The molecule has 0 aliphatic carbocycles. The van der Waals surface area contributed by atoms with Gasteiger partial charge in [0.25, 0.3) is 13.7 Å². The quantitative estimate of drug-likeness (QED) is 0.125. The van der Waals surface area contributed by atoms with Crippen LogP contribution in [0.4, 0.5) is 4.39 Å². The van der Waals surface area contributed by atoms with Crippen LogP contribution in [0.3, 0.4) is 0 Å². The standard InChI is InChI=1S/C17H26B2FN4O8P/c1-5-16(21)10(25)11(31-14(16)24-6-9(20)12(26)22-15(24)28)17(18,19)32-33(29)23-8(4)13(27)30-7(2)3/h1,6-8,10-11,14,25,33H,18-19,21H2,2-4H3,(H,23,29)(H,22,26,28)/t8-,10-,11?,14+,16?/m0/s1. The first-order chi connectivity index (χ1) is 15.1. The largest absolute Gasteiger partial charge is 0.462 e. The van der Waals surface area contributed by atoms with Crippen molar-refractivity contribution in [1.82, 2.24) is 14.6 Å². The molecule has 1 aromatic heterocycles. The molecule has 0 bridgehead atoms. The van der Waals surface area contributed by atoms with E-state index in [2.05, 4.69) is 11.0 Å². The summed E-state index contributed by atoms with van der Waals surface area (Å²) < 4.78 is 43.2. The minimum Gasteiger partial charge on any atom is -0.462 e. The minimum absolute atomic E-state index is 0.372. The van der Waals surface area contributed by atoms with E-state index in [4.69, 9.17) is 26.2 Å². The molecule has 16 heteroatoms. The second-order valence-electron chi connectivity index (χ2n) is 8.42. The van der Waals surface area contributed by atoms with E-state index in [-0.39, 0.29) is 6.10 Å². The van der Waals surface area contributed by atoms with Crippen LogP contribution in [0, 0.1) is 18.2 Å². The fourth-order valence-electron chi connectivity index (χ4n) is 3.25. The van der Waals surface area contributed by atoms with Crippen LogP contribution in [0.5, 0.6) is 0 Å². The van der Waals surface area contributed by atoms with Gasteiger partial charge in [-0.2, -0.15) is 4.39 Å². The highest BCUT2D eigenvalue weighted by atomic mass is 31.1. The molecule has 1 saturated heterocycles. The van der Waals surface area contributed by atoms with Crippen molar-refractivity contribution in [2.24, 2.45) is 5.73 Å². The molecule has 33 heavy (non-hydrogen) atoms. The number of carbonyl (C=O) groups excluding carboxylic acids is 1. The number of terminal acetylenes is 1. The highest BCUT2D eigenvalue weighted by Crippen LogP contribution is 2.41. The number of aliphatic hydroxyl groups is 1. The van der Waals surface area contributed by atoms with Gasteiger partial charge in [-0.15, -0.1) is 6.42 Å². The molecule has 3 unspecified atom stereocenters. The number of aliphatic hydroxyl groups excluding tert-OH is 1. The van der Waals surface area contributed by atoms with E-state index >= 15 is 0 Å². The number of rotatable bonds is 8. The normalized spacial score (nSPS) is 27.2. The maximum Gasteiger partial charge on any atom is 0.330 e. The summed E-state index contributed by atoms with van der Waals surface area (Å²) in [6.45, 7) is 4.75. The third-order valence-corrected chi connectivity index (χ3v) is 6.35. The van der Waals surface area contributed by atoms with Crippen LogP contribution in [0.25, 0.3) is 0 Å². The molecule has 180 valence electrons. The number of nitrogens with two attached hydrogens (primary N) is 1. The Kier molecular flexibility index (Phi) is 8.17. The first kappa shape index (κ1) is 27.0. The Bertz CT molecular complexity index is 1090. The third kappa shape index (κ3) is 5.66. The number of nitrogens with one attached hydrogen (secondary N) is 2. The van der Waals surface area contributed by atoms with Gasteiger partial charge in [-0.1, -0.05) is 5.92 Å². The molecule has 12 nitrogen and oxygen atoms in total. The van der Waals surface area contributed by atoms with Crippen molar-refractivity contribution in [3.8, 4) is 12.3 Å². The second-order valence-corrected chi connectivity index (χ2v) is 9.49. The van der Waals surface area contributed by atoms with Crippen LogP contribution < -0.4 is 22.1 Å². The molecule has 6 atom stereocenters. The van der Waals surface area contributed by atoms with Gasteiger partial charge in [-0.05, 0) is 20.8 Å². The Labute approximate surface area is 191 Å². The Morgan fingerprint density at radius 3 is 2.67 bits per heavy atom. The number of aromatic nitrogens is 2. The summed E-state index contributed by atoms with van der Waals surface area (Å²) in [5.74, 6) is 0.200. The summed E-state index contributed by atoms with van der Waals surface area (Å²) in [7, 11) is -0.262. The molecule has 1 aliphatic heterocycles. The van der Waals surface area contributed by atoms with Crippen molar-refractivity contribution < 1.29 is 32.9 Å². The van der Waals surface area contributed by atoms with Gasteiger partial charge < -0.3 is 24.8 Å². The molecule has 1 aliphatic rings. The molecule has 1 fully saturated rings. The Hall–Kier alpha value is -2.20. The number of halogens is 1. The maximum atomic E-state index is 13.8. The molecular weight excluding hydrogens is 460 g/mol. The molecule has 0 amide bonds. The van der Waals surface area contributed by atoms with Gasteiger partial charge in [-0.25, -0.2) is 9.88 Å². The van der Waals surface area contributed by atoms with Crippen molar-refractivity contribution in [3.05, 3.63) is 32.9 Å². The average molecular weight is 486 g/mol. The van der Waals surface area contributed by atoms with Crippen LogP contribution in [-0.2, 0) is 23.4 Å². The Morgan fingerprint density at radius 1 is 1.52 bits per heavy atom. The van der Waals surface area contributed by atoms with Crippen LogP contribution in [0.2, 0.25) is 0 Å². The summed E-state index contributed by atoms with van der Waals surface area (Å²) in [6.07, 6.45) is 1.07. The predicted molar refractivity (Wildman–Crippen MR) is 121 cm³/mol. The maximum absolute atomic E-state index is 13.8. The number of H-pyrrole nitrogens is 1. The fourth-order valence-corrected chi connectivity index (χ4v) is 4.37. The Balaban J connectivity index is 2.27. The number of hydrogen-bond donors (Lipinski definition) is 4. The smallest absolute Gasteiger partial charge is 0.330 e. The number of ether oxygens (including phenoxy) is 2. The first-order valence-electron chi connectivity index (χ1n) is 9.95. The lowest BCUT2D eigenvalue weighted by molar-refractivity contribution is -0.149. The third-order valence-electron chi connectivity index (χ3n) is 4.97. The van der Waals surface area contributed by atoms with Crippen LogP contribution in [-0.4, -0.2) is 71.6 Å². The summed E-state index contributed by atoms with van der Waals surface area (Å²) in [4.78, 5) is 37.2. The molecule has 0 radical (unpaired) electrons. The first-order valence-corrected chi connectivity index (χ1v) is 11.3. The number of aromatic amines is 1. The lowest BCUT2D eigenvalue weighted by Gasteiger charge is -2.34. The number of nitrogens with zero attached hydrogens (tertiary/aromatic N) is 1. The van der Waals surface area contributed by atoms with Gasteiger partial charge in [0, 0.05) is 5.40 Å². The zero-order valence-electron chi connectivity index (χ0n) is 18.7. The monoisotopic (exact) mass is 486 g/mol. The van der Waals surface area contributed by atoms with E-state index < -0.39 is 66.6 Å². The van der Waals surface area contributed by atoms with Crippen molar-refractivity contribution in [3.63, 3.8) is 0 Å². The second kappa shape index (κ2) is 9.97. The SMILES string of the molecule is BC(B)(O[PH](=O)N[C@@H](C)C(=O)OC(C)C)C1O[C@@H](n2cc(F)c(=O)[nH]c2=O)C(N)(C#C)[C@H]1O. The summed E-state index contributed by atoms with van der Waals surface area (Å²) in [6, 6.07) is -0.959. The average Bonchev–Trinajstić information content (AvgIpc) is 2.96. The van der Waals surface area contributed by atoms with Crippen LogP contribution >= 0.6 is 8.18 Å². The molecule has 0 saturated carbocycles. The van der Waals surface area contributed by atoms with Crippen LogP contribution in [0.15, 0.2) is 15.8 Å². The van der Waals surface area contributed by atoms with Gasteiger partial charge in [0.1, 0.15) is 33.9 Å². The summed E-state index contributed by atoms with van der Waals surface area (Å²) >= 11 is 0. The molecule has 2 heterocycles. The van der Waals surface area contributed by atoms with Gasteiger partial charge in [0.05, 0.1) is 12.3 Å². The number of hydrogen-bond acceptors (Lipinski definition) is 9.